The molecule has 1 fully saturated rings. The van der Waals surface area contributed by atoms with E-state index in [1.165, 1.54) is 12.1 Å². The normalized spacial score (nSPS) is 14.4. The number of carbonyl (C=O) groups is 1. The molecule has 0 unspecified atom stereocenters. The highest BCUT2D eigenvalue weighted by Gasteiger charge is 2.19. The smallest absolute Gasteiger partial charge is 0.253 e. The van der Waals surface area contributed by atoms with Crippen LogP contribution in [0.5, 0.6) is 0 Å². The van der Waals surface area contributed by atoms with Gasteiger partial charge in [0.25, 0.3) is 5.91 Å². The van der Waals surface area contributed by atoms with Gasteiger partial charge in [0.05, 0.1) is 11.1 Å². The minimum atomic E-state index is -0.564. The summed E-state index contributed by atoms with van der Waals surface area (Å²) in [6.45, 7) is 6.15. The monoisotopic (exact) mass is 396 g/mol. The van der Waals surface area contributed by atoms with E-state index >= 15 is 0 Å². The van der Waals surface area contributed by atoms with Gasteiger partial charge in [-0.15, -0.1) is 0 Å². The lowest BCUT2D eigenvalue weighted by Crippen LogP contribution is -2.32. The standard InChI is InChI=1S/C22H25FN4O2/c1-14(2)18-10-21(27-17-3-4-20(23)16(9-17)11-24)25-13-19(18)22(28)26-12-15-5-7-29-8-6-15/h3-4,9-10,13-15H,5-8,12H2,1-2H3,(H,25,27)(H,26,28). The molecular weight excluding hydrogens is 371 g/mol. The molecule has 7 heteroatoms. The summed E-state index contributed by atoms with van der Waals surface area (Å²) in [7, 11) is 0. The zero-order valence-electron chi connectivity index (χ0n) is 16.7. The molecule has 0 spiro atoms. The molecule has 1 aromatic heterocycles. The largest absolute Gasteiger partial charge is 0.381 e. The zero-order chi connectivity index (χ0) is 20.8. The summed E-state index contributed by atoms with van der Waals surface area (Å²) in [5, 5.41) is 15.1. The Labute approximate surface area is 170 Å². The summed E-state index contributed by atoms with van der Waals surface area (Å²) in [4.78, 5) is 17.1. The maximum absolute atomic E-state index is 13.5. The third kappa shape index (κ3) is 5.30. The topological polar surface area (TPSA) is 87.0 Å². The summed E-state index contributed by atoms with van der Waals surface area (Å²) in [5.41, 5.74) is 1.94. The van der Waals surface area contributed by atoms with Gasteiger partial charge in [0, 0.05) is 31.6 Å². The number of nitriles is 1. The number of hydrogen-bond donors (Lipinski definition) is 2. The van der Waals surface area contributed by atoms with Crippen LogP contribution in [0, 0.1) is 23.1 Å². The van der Waals surface area contributed by atoms with Crippen molar-refractivity contribution in [2.24, 2.45) is 5.92 Å². The molecule has 2 heterocycles. The van der Waals surface area contributed by atoms with Gasteiger partial charge < -0.3 is 15.4 Å². The molecule has 0 saturated carbocycles. The van der Waals surface area contributed by atoms with E-state index in [2.05, 4.69) is 15.6 Å². The first-order chi connectivity index (χ1) is 14.0. The highest BCUT2D eigenvalue weighted by Crippen LogP contribution is 2.25. The number of amides is 1. The second-order valence-electron chi connectivity index (χ2n) is 7.51. The summed E-state index contributed by atoms with van der Waals surface area (Å²) in [5.74, 6) is 0.394. The summed E-state index contributed by atoms with van der Waals surface area (Å²) in [6, 6.07) is 7.86. The van der Waals surface area contributed by atoms with Crippen molar-refractivity contribution in [2.45, 2.75) is 32.6 Å². The van der Waals surface area contributed by atoms with Crippen molar-refractivity contribution in [3.05, 3.63) is 53.0 Å². The van der Waals surface area contributed by atoms with Crippen LogP contribution in [0.15, 0.2) is 30.5 Å². The van der Waals surface area contributed by atoms with Crippen LogP contribution in [0.2, 0.25) is 0 Å². The van der Waals surface area contributed by atoms with E-state index in [1.807, 2.05) is 26.0 Å². The number of benzene rings is 1. The Morgan fingerprint density at radius 3 is 2.79 bits per heavy atom. The van der Waals surface area contributed by atoms with Gasteiger partial charge in [-0.3, -0.25) is 4.79 Å². The van der Waals surface area contributed by atoms with Gasteiger partial charge in [0.1, 0.15) is 17.7 Å². The molecule has 0 aliphatic carbocycles. The lowest BCUT2D eigenvalue weighted by atomic mass is 9.97. The highest BCUT2D eigenvalue weighted by atomic mass is 19.1. The minimum Gasteiger partial charge on any atom is -0.381 e. The first kappa shape index (κ1) is 20.7. The second kappa shape index (κ2) is 9.48. The Balaban J connectivity index is 1.74. The maximum Gasteiger partial charge on any atom is 0.253 e. The third-order valence-electron chi connectivity index (χ3n) is 5.05. The molecule has 2 N–H and O–H groups in total. The molecule has 1 aliphatic rings. The fourth-order valence-electron chi connectivity index (χ4n) is 3.33. The molecule has 0 radical (unpaired) electrons. The molecule has 1 aliphatic heterocycles. The average molecular weight is 396 g/mol. The summed E-state index contributed by atoms with van der Waals surface area (Å²) in [6.07, 6.45) is 3.48. The van der Waals surface area contributed by atoms with Crippen molar-refractivity contribution in [3.63, 3.8) is 0 Å². The van der Waals surface area contributed by atoms with E-state index in [0.717, 1.165) is 31.6 Å². The van der Waals surface area contributed by atoms with Gasteiger partial charge in [0.15, 0.2) is 0 Å². The highest BCUT2D eigenvalue weighted by molar-refractivity contribution is 5.95. The summed E-state index contributed by atoms with van der Waals surface area (Å²) >= 11 is 0. The summed E-state index contributed by atoms with van der Waals surface area (Å²) < 4.78 is 18.9. The quantitative estimate of drug-likeness (QED) is 0.767. The van der Waals surface area contributed by atoms with Gasteiger partial charge in [-0.2, -0.15) is 5.26 Å². The first-order valence-corrected chi connectivity index (χ1v) is 9.80. The van der Waals surface area contributed by atoms with Gasteiger partial charge in [-0.05, 0) is 54.5 Å². The molecule has 1 aromatic carbocycles. The molecule has 0 atom stereocenters. The van der Waals surface area contributed by atoms with E-state index in [4.69, 9.17) is 10.00 Å². The van der Waals surface area contributed by atoms with Crippen molar-refractivity contribution in [1.82, 2.24) is 10.3 Å². The predicted octanol–water partition coefficient (Wildman–Crippen LogP) is 4.12. The minimum absolute atomic E-state index is 0.0387. The van der Waals surface area contributed by atoms with Crippen molar-refractivity contribution in [3.8, 4) is 6.07 Å². The fourth-order valence-corrected chi connectivity index (χ4v) is 3.33. The maximum atomic E-state index is 13.5. The molecule has 2 aromatic rings. The van der Waals surface area contributed by atoms with Crippen LogP contribution in [0.25, 0.3) is 0 Å². The van der Waals surface area contributed by atoms with Gasteiger partial charge >= 0.3 is 0 Å². The number of carbonyl (C=O) groups excluding carboxylic acids is 1. The zero-order valence-corrected chi connectivity index (χ0v) is 16.7. The van der Waals surface area contributed by atoms with Crippen LogP contribution in [0.3, 0.4) is 0 Å². The molecule has 3 rings (SSSR count). The first-order valence-electron chi connectivity index (χ1n) is 9.80. The van der Waals surface area contributed by atoms with Crippen LogP contribution >= 0.6 is 0 Å². The molecule has 0 bridgehead atoms. The van der Waals surface area contributed by atoms with E-state index in [0.29, 0.717) is 29.5 Å². The number of anilines is 2. The number of aromatic nitrogens is 1. The molecular formula is C22H25FN4O2. The van der Waals surface area contributed by atoms with Crippen molar-refractivity contribution in [2.75, 3.05) is 25.1 Å². The Morgan fingerprint density at radius 2 is 2.10 bits per heavy atom. The Kier molecular flexibility index (Phi) is 6.78. The fraction of sp³-hybridized carbons (Fsp3) is 0.409. The number of hydrogen-bond acceptors (Lipinski definition) is 5. The number of nitrogens with zero attached hydrogens (tertiary/aromatic N) is 2. The lowest BCUT2D eigenvalue weighted by Gasteiger charge is -2.22. The van der Waals surface area contributed by atoms with Crippen molar-refractivity contribution in [1.29, 1.82) is 5.26 Å². The predicted molar refractivity (Wildman–Crippen MR) is 109 cm³/mol. The molecule has 152 valence electrons. The van der Waals surface area contributed by atoms with Crippen molar-refractivity contribution < 1.29 is 13.9 Å². The lowest BCUT2D eigenvalue weighted by molar-refractivity contribution is 0.0642. The number of rotatable bonds is 6. The second-order valence-corrected chi connectivity index (χ2v) is 7.51. The van der Waals surface area contributed by atoms with Crippen LogP contribution in [0.4, 0.5) is 15.9 Å². The number of halogens is 1. The van der Waals surface area contributed by atoms with Gasteiger partial charge in [-0.25, -0.2) is 9.37 Å². The van der Waals surface area contributed by atoms with E-state index in [9.17, 15) is 9.18 Å². The SMILES string of the molecule is CC(C)c1cc(Nc2ccc(F)c(C#N)c2)ncc1C(=O)NCC1CCOCC1. The van der Waals surface area contributed by atoms with E-state index < -0.39 is 5.82 Å². The Bertz CT molecular complexity index is 918. The van der Waals surface area contributed by atoms with E-state index in [1.54, 1.807) is 12.3 Å². The molecule has 1 saturated heterocycles. The van der Waals surface area contributed by atoms with Crippen LogP contribution in [-0.4, -0.2) is 30.6 Å². The van der Waals surface area contributed by atoms with Crippen LogP contribution in [-0.2, 0) is 4.74 Å². The van der Waals surface area contributed by atoms with Gasteiger partial charge in [0.2, 0.25) is 0 Å². The van der Waals surface area contributed by atoms with Crippen LogP contribution < -0.4 is 10.6 Å². The van der Waals surface area contributed by atoms with Gasteiger partial charge in [-0.1, -0.05) is 13.8 Å². The number of pyridine rings is 1. The van der Waals surface area contributed by atoms with Crippen molar-refractivity contribution >= 4 is 17.4 Å². The average Bonchev–Trinajstić information content (AvgIpc) is 2.74. The molecule has 29 heavy (non-hydrogen) atoms. The van der Waals surface area contributed by atoms with Crippen LogP contribution in [0.1, 0.15) is 54.1 Å². The number of nitrogens with one attached hydrogen (secondary N) is 2. The van der Waals surface area contributed by atoms with E-state index in [-0.39, 0.29) is 17.4 Å². The molecule has 1 amide bonds. The third-order valence-corrected chi connectivity index (χ3v) is 5.05. The number of ether oxygens (including phenoxy) is 1. The Hall–Kier alpha value is -2.98. The Morgan fingerprint density at radius 1 is 1.34 bits per heavy atom. The molecule has 6 nitrogen and oxygen atoms in total.